The molecule has 0 bridgehead atoms. The zero-order valence-electron chi connectivity index (χ0n) is 13.0. The third-order valence-electron chi connectivity index (χ3n) is 4.95. The molecule has 1 N–H and O–H groups in total. The largest absolute Gasteiger partial charge is 0.342 e. The Morgan fingerprint density at radius 3 is 2.36 bits per heavy atom. The van der Waals surface area contributed by atoms with Crippen LogP contribution in [0.15, 0.2) is 24.3 Å². The van der Waals surface area contributed by atoms with Crippen LogP contribution in [0, 0.1) is 5.92 Å². The van der Waals surface area contributed by atoms with Gasteiger partial charge in [-0.15, -0.1) is 12.4 Å². The molecule has 5 heteroatoms. The molecule has 1 aliphatic heterocycles. The summed E-state index contributed by atoms with van der Waals surface area (Å²) in [5.41, 5.74) is 0.884. The minimum Gasteiger partial charge on any atom is -0.342 e. The number of hydrogen-bond acceptors (Lipinski definition) is 2. The van der Waals surface area contributed by atoms with Gasteiger partial charge in [-0.3, -0.25) is 4.79 Å². The van der Waals surface area contributed by atoms with Crippen LogP contribution in [0.4, 0.5) is 0 Å². The van der Waals surface area contributed by atoms with E-state index in [1.807, 2.05) is 31.3 Å². The number of hydrogen-bond donors (Lipinski definition) is 1. The van der Waals surface area contributed by atoms with Crippen LogP contribution < -0.4 is 5.32 Å². The number of piperidine rings is 1. The number of nitrogens with zero attached hydrogens (tertiary/aromatic N) is 1. The lowest BCUT2D eigenvalue weighted by atomic mass is 9.91. The molecule has 22 heavy (non-hydrogen) atoms. The second-order valence-corrected chi connectivity index (χ2v) is 6.82. The van der Waals surface area contributed by atoms with E-state index in [1.165, 1.54) is 0 Å². The van der Waals surface area contributed by atoms with E-state index >= 15 is 0 Å². The normalized spacial score (nSPS) is 20.4. The van der Waals surface area contributed by atoms with E-state index in [0.717, 1.165) is 55.9 Å². The smallest absolute Gasteiger partial charge is 0.233 e. The number of nitrogens with one attached hydrogen (secondary N) is 1. The van der Waals surface area contributed by atoms with E-state index in [0.29, 0.717) is 11.8 Å². The molecule has 1 aromatic carbocycles. The van der Waals surface area contributed by atoms with Crippen molar-refractivity contribution in [3.8, 4) is 0 Å². The van der Waals surface area contributed by atoms with Gasteiger partial charge in [0.05, 0.1) is 5.41 Å². The van der Waals surface area contributed by atoms with Crippen LogP contribution in [0.25, 0.3) is 0 Å². The minimum absolute atomic E-state index is 0. The van der Waals surface area contributed by atoms with Gasteiger partial charge in [0, 0.05) is 18.1 Å². The van der Waals surface area contributed by atoms with Crippen molar-refractivity contribution in [1.29, 1.82) is 0 Å². The SMILES string of the molecule is CNCC1CCN(C(=O)C2(c3ccc(Cl)cc3)CC2)CC1.Cl. The lowest BCUT2D eigenvalue weighted by Crippen LogP contribution is -2.45. The van der Waals surface area contributed by atoms with Gasteiger partial charge in [0.25, 0.3) is 0 Å². The van der Waals surface area contributed by atoms with E-state index in [-0.39, 0.29) is 17.8 Å². The van der Waals surface area contributed by atoms with E-state index in [4.69, 9.17) is 11.6 Å². The van der Waals surface area contributed by atoms with Crippen molar-refractivity contribution < 1.29 is 4.79 Å². The third kappa shape index (κ3) is 3.42. The van der Waals surface area contributed by atoms with E-state index in [9.17, 15) is 4.79 Å². The van der Waals surface area contributed by atoms with Crippen LogP contribution in [0.2, 0.25) is 5.02 Å². The van der Waals surface area contributed by atoms with Crippen molar-refractivity contribution in [3.63, 3.8) is 0 Å². The molecule has 1 saturated heterocycles. The zero-order chi connectivity index (χ0) is 14.9. The Kier molecular flexibility index (Phi) is 5.76. The second-order valence-electron chi connectivity index (χ2n) is 6.38. The average molecular weight is 343 g/mol. The molecule has 1 aromatic rings. The first kappa shape index (κ1) is 17.6. The number of carbonyl (C=O) groups excluding carboxylic acids is 1. The van der Waals surface area contributed by atoms with Crippen LogP contribution in [-0.4, -0.2) is 37.5 Å². The molecule has 2 fully saturated rings. The Morgan fingerprint density at radius 2 is 1.86 bits per heavy atom. The monoisotopic (exact) mass is 342 g/mol. The highest BCUT2D eigenvalue weighted by molar-refractivity contribution is 6.30. The summed E-state index contributed by atoms with van der Waals surface area (Å²) in [6.07, 6.45) is 4.18. The van der Waals surface area contributed by atoms with Crippen molar-refractivity contribution in [3.05, 3.63) is 34.9 Å². The van der Waals surface area contributed by atoms with Crippen LogP contribution in [0.1, 0.15) is 31.2 Å². The third-order valence-corrected chi connectivity index (χ3v) is 5.20. The molecule has 3 nitrogen and oxygen atoms in total. The van der Waals surface area contributed by atoms with Gasteiger partial charge in [-0.05, 0) is 62.9 Å². The van der Waals surface area contributed by atoms with E-state index in [2.05, 4.69) is 10.2 Å². The summed E-state index contributed by atoms with van der Waals surface area (Å²) in [5.74, 6) is 1.04. The Bertz CT molecular complexity index is 506. The summed E-state index contributed by atoms with van der Waals surface area (Å²) in [5, 5.41) is 3.97. The fraction of sp³-hybridized carbons (Fsp3) is 0.588. The molecule has 1 heterocycles. The number of carbonyl (C=O) groups is 1. The molecule has 1 saturated carbocycles. The van der Waals surface area contributed by atoms with Crippen molar-refractivity contribution in [2.24, 2.45) is 5.92 Å². The fourth-order valence-corrected chi connectivity index (χ4v) is 3.58. The molecule has 0 aromatic heterocycles. The van der Waals surface area contributed by atoms with E-state index in [1.54, 1.807) is 0 Å². The number of rotatable bonds is 4. The molecular weight excluding hydrogens is 319 g/mol. The average Bonchev–Trinajstić information content (AvgIpc) is 3.30. The number of likely N-dealkylation sites (tertiary alicyclic amines) is 1. The highest BCUT2D eigenvalue weighted by Crippen LogP contribution is 2.50. The molecular formula is C17H24Cl2N2O. The molecule has 1 aliphatic carbocycles. The summed E-state index contributed by atoms with van der Waals surface area (Å²) in [6, 6.07) is 7.81. The molecule has 0 atom stereocenters. The van der Waals surface area contributed by atoms with Crippen LogP contribution in [-0.2, 0) is 10.2 Å². The van der Waals surface area contributed by atoms with Gasteiger partial charge in [-0.25, -0.2) is 0 Å². The topological polar surface area (TPSA) is 32.3 Å². The number of halogens is 2. The lowest BCUT2D eigenvalue weighted by molar-refractivity contribution is -0.135. The maximum absolute atomic E-state index is 12.9. The molecule has 2 aliphatic rings. The second kappa shape index (κ2) is 7.20. The first-order valence-corrected chi connectivity index (χ1v) is 8.23. The van der Waals surface area contributed by atoms with Gasteiger partial charge >= 0.3 is 0 Å². The first-order chi connectivity index (χ1) is 10.2. The molecule has 0 unspecified atom stereocenters. The van der Waals surface area contributed by atoms with Crippen molar-refractivity contribution in [2.45, 2.75) is 31.1 Å². The maximum Gasteiger partial charge on any atom is 0.233 e. The highest BCUT2D eigenvalue weighted by atomic mass is 35.5. The van der Waals surface area contributed by atoms with Gasteiger partial charge in [-0.1, -0.05) is 23.7 Å². The Labute approximate surface area is 143 Å². The number of amides is 1. The zero-order valence-corrected chi connectivity index (χ0v) is 14.6. The Balaban J connectivity index is 0.00000176. The minimum atomic E-state index is -0.250. The molecule has 0 spiro atoms. The van der Waals surface area contributed by atoms with Crippen molar-refractivity contribution >= 4 is 29.9 Å². The van der Waals surface area contributed by atoms with Gasteiger partial charge in [-0.2, -0.15) is 0 Å². The fourth-order valence-electron chi connectivity index (χ4n) is 3.45. The van der Waals surface area contributed by atoms with Crippen molar-refractivity contribution in [1.82, 2.24) is 10.2 Å². The van der Waals surface area contributed by atoms with Crippen molar-refractivity contribution in [2.75, 3.05) is 26.7 Å². The quantitative estimate of drug-likeness (QED) is 0.910. The highest BCUT2D eigenvalue weighted by Gasteiger charge is 2.53. The molecule has 0 radical (unpaired) electrons. The predicted octanol–water partition coefficient (Wildman–Crippen LogP) is 3.25. The summed E-state index contributed by atoms with van der Waals surface area (Å²) >= 11 is 5.95. The standard InChI is InChI=1S/C17H23ClN2O.ClH/c1-19-12-13-6-10-20(11-7-13)16(21)17(8-9-17)14-2-4-15(18)5-3-14;/h2-5,13,19H,6-12H2,1H3;1H. The van der Waals surface area contributed by atoms with Gasteiger partial charge < -0.3 is 10.2 Å². The molecule has 1 amide bonds. The lowest BCUT2D eigenvalue weighted by Gasteiger charge is -2.34. The van der Waals surface area contributed by atoms with Crippen LogP contribution >= 0.6 is 24.0 Å². The summed E-state index contributed by atoms with van der Waals surface area (Å²) < 4.78 is 0. The summed E-state index contributed by atoms with van der Waals surface area (Å²) in [7, 11) is 2.00. The van der Waals surface area contributed by atoms with Crippen LogP contribution in [0.3, 0.4) is 0 Å². The first-order valence-electron chi connectivity index (χ1n) is 7.86. The number of benzene rings is 1. The predicted molar refractivity (Wildman–Crippen MR) is 92.8 cm³/mol. The van der Waals surface area contributed by atoms with Gasteiger partial charge in [0.1, 0.15) is 0 Å². The van der Waals surface area contributed by atoms with Gasteiger partial charge in [0.15, 0.2) is 0 Å². The van der Waals surface area contributed by atoms with E-state index < -0.39 is 0 Å². The molecule has 122 valence electrons. The Morgan fingerprint density at radius 1 is 1.27 bits per heavy atom. The summed E-state index contributed by atoms with van der Waals surface area (Å²) in [4.78, 5) is 15.0. The van der Waals surface area contributed by atoms with Crippen LogP contribution in [0.5, 0.6) is 0 Å². The Hall–Kier alpha value is -0.770. The molecule has 3 rings (SSSR count). The van der Waals surface area contributed by atoms with Gasteiger partial charge in [0.2, 0.25) is 5.91 Å². The summed E-state index contributed by atoms with van der Waals surface area (Å²) in [6.45, 7) is 2.87. The maximum atomic E-state index is 12.9.